The van der Waals surface area contributed by atoms with E-state index in [-0.39, 0.29) is 0 Å². The second kappa shape index (κ2) is 5.72. The van der Waals surface area contributed by atoms with Gasteiger partial charge in [0.2, 0.25) is 0 Å². The molecule has 0 radical (unpaired) electrons. The van der Waals surface area contributed by atoms with Crippen molar-refractivity contribution in [2.24, 2.45) is 11.8 Å². The van der Waals surface area contributed by atoms with Crippen LogP contribution >= 0.6 is 0 Å². The zero-order chi connectivity index (χ0) is 9.72. The molecule has 0 heterocycles. The van der Waals surface area contributed by atoms with Crippen LogP contribution in [-0.2, 0) is 0 Å². The minimum atomic E-state index is 0.856. The van der Waals surface area contributed by atoms with Crippen LogP contribution < -0.4 is 0 Å². The Morgan fingerprint density at radius 3 is 1.17 bits per heavy atom. The molecule has 0 fully saturated rings. The van der Waals surface area contributed by atoms with Gasteiger partial charge in [-0.05, 0) is 11.8 Å². The van der Waals surface area contributed by atoms with Gasteiger partial charge in [0.15, 0.2) is 0 Å². The van der Waals surface area contributed by atoms with Crippen molar-refractivity contribution in [3.63, 3.8) is 0 Å². The summed E-state index contributed by atoms with van der Waals surface area (Å²) in [7, 11) is 4.79. The Hall–Kier alpha value is 0.130. The van der Waals surface area contributed by atoms with E-state index < -0.39 is 0 Å². The first-order valence-electron chi connectivity index (χ1n) is 5.43. The van der Waals surface area contributed by atoms with Crippen LogP contribution in [0.25, 0.3) is 0 Å². The van der Waals surface area contributed by atoms with E-state index in [1.807, 2.05) is 0 Å². The lowest BCUT2D eigenvalue weighted by atomic mass is 9.61. The van der Waals surface area contributed by atoms with Gasteiger partial charge in [0.25, 0.3) is 0 Å². The molecule has 12 heavy (non-hydrogen) atoms. The third-order valence-electron chi connectivity index (χ3n) is 2.66. The monoisotopic (exact) mass is 166 g/mol. The molecule has 70 valence electrons. The van der Waals surface area contributed by atoms with E-state index in [2.05, 4.69) is 43.4 Å². The molecule has 0 nitrogen and oxygen atoms in total. The van der Waals surface area contributed by atoms with Gasteiger partial charge in [0.1, 0.15) is 15.7 Å². The van der Waals surface area contributed by atoms with Crippen molar-refractivity contribution < 1.29 is 0 Å². The zero-order valence-corrected chi connectivity index (χ0v) is 9.72. The molecule has 0 aromatic carbocycles. The highest BCUT2D eigenvalue weighted by Crippen LogP contribution is 2.30. The molecule has 0 aliphatic carbocycles. The van der Waals surface area contributed by atoms with E-state index in [9.17, 15) is 0 Å². The maximum absolute atomic E-state index is 2.40. The first-order chi connectivity index (χ1) is 5.43. The Morgan fingerprint density at radius 1 is 0.750 bits per heavy atom. The largest absolute Gasteiger partial charge is 0.104 e. The molecule has 0 saturated heterocycles. The average molecular weight is 166 g/mol. The minimum absolute atomic E-state index is 0.856. The summed E-state index contributed by atoms with van der Waals surface area (Å²) in [6.45, 7) is 9.27. The van der Waals surface area contributed by atoms with Gasteiger partial charge in [-0.15, -0.1) is 0 Å². The van der Waals surface area contributed by atoms with Crippen LogP contribution in [0.3, 0.4) is 0 Å². The van der Waals surface area contributed by atoms with Crippen molar-refractivity contribution in [2.75, 3.05) is 0 Å². The summed E-state index contributed by atoms with van der Waals surface area (Å²) in [5, 5.41) is 0. The van der Waals surface area contributed by atoms with Crippen LogP contribution in [0, 0.1) is 11.8 Å². The Bertz CT molecular complexity index is 96.4. The lowest BCUT2D eigenvalue weighted by Gasteiger charge is -2.23. The van der Waals surface area contributed by atoms with Gasteiger partial charge < -0.3 is 0 Å². The number of rotatable bonds is 5. The Morgan fingerprint density at radius 2 is 1.00 bits per heavy atom. The SMILES string of the molecule is BC(CC(C)C)C(B)CC(C)C. The topological polar surface area (TPSA) is 0 Å². The predicted octanol–water partition coefficient (Wildman–Crippen LogP) is 1.92. The standard InChI is InChI=1S/C10H24B2/c1-7(2)5-9(11)10(12)6-8(3)4/h7-10H,5-6,11-12H2,1-4H3. The smallest absolute Gasteiger partial charge is 0.0737 e. The number of hydrogen-bond acceptors (Lipinski definition) is 0. The van der Waals surface area contributed by atoms with Crippen molar-refractivity contribution in [1.82, 2.24) is 0 Å². The summed E-state index contributed by atoms with van der Waals surface area (Å²) in [4.78, 5) is 0. The van der Waals surface area contributed by atoms with Gasteiger partial charge in [-0.3, -0.25) is 0 Å². The molecule has 2 atom stereocenters. The molecule has 0 aliphatic rings. The van der Waals surface area contributed by atoms with Crippen molar-refractivity contribution in [3.8, 4) is 0 Å². The predicted molar refractivity (Wildman–Crippen MR) is 63.5 cm³/mol. The van der Waals surface area contributed by atoms with Gasteiger partial charge in [-0.2, -0.15) is 0 Å². The molecule has 0 aromatic rings. The van der Waals surface area contributed by atoms with Crippen LogP contribution in [0.1, 0.15) is 40.5 Å². The lowest BCUT2D eigenvalue weighted by molar-refractivity contribution is 0.484. The fourth-order valence-corrected chi connectivity index (χ4v) is 1.95. The highest BCUT2D eigenvalue weighted by atomic mass is 14.1. The van der Waals surface area contributed by atoms with E-state index in [1.54, 1.807) is 0 Å². The van der Waals surface area contributed by atoms with Gasteiger partial charge in [0, 0.05) is 0 Å². The fourth-order valence-electron chi connectivity index (χ4n) is 1.95. The molecular weight excluding hydrogens is 142 g/mol. The third kappa shape index (κ3) is 5.74. The first-order valence-corrected chi connectivity index (χ1v) is 5.43. The minimum Gasteiger partial charge on any atom is -0.0737 e. The van der Waals surface area contributed by atoms with E-state index in [0.29, 0.717) is 0 Å². The van der Waals surface area contributed by atoms with Gasteiger partial charge in [-0.1, -0.05) is 52.2 Å². The second-order valence-corrected chi connectivity index (χ2v) is 5.21. The van der Waals surface area contributed by atoms with Crippen LogP contribution in [0.5, 0.6) is 0 Å². The summed E-state index contributed by atoms with van der Waals surface area (Å²) >= 11 is 0. The molecule has 2 unspecified atom stereocenters. The van der Waals surface area contributed by atoms with Gasteiger partial charge in [-0.25, -0.2) is 0 Å². The van der Waals surface area contributed by atoms with Crippen molar-refractivity contribution >= 4 is 15.7 Å². The fraction of sp³-hybridized carbons (Fsp3) is 1.00. The van der Waals surface area contributed by atoms with Crippen LogP contribution in [0.2, 0.25) is 11.6 Å². The lowest BCUT2D eigenvalue weighted by Crippen LogP contribution is -2.09. The molecule has 0 bridgehead atoms. The van der Waals surface area contributed by atoms with Gasteiger partial charge >= 0.3 is 0 Å². The Balaban J connectivity index is 3.68. The molecule has 0 amide bonds. The van der Waals surface area contributed by atoms with Crippen molar-refractivity contribution in [3.05, 3.63) is 0 Å². The molecule has 0 aliphatic heterocycles. The summed E-state index contributed by atoms with van der Waals surface area (Å²) in [6, 6.07) is 0. The number of hydrogen-bond donors (Lipinski definition) is 0. The Kier molecular flexibility index (Phi) is 5.78. The van der Waals surface area contributed by atoms with Crippen LogP contribution in [-0.4, -0.2) is 15.7 Å². The second-order valence-electron chi connectivity index (χ2n) is 5.21. The molecular formula is C10H24B2. The molecule has 0 rings (SSSR count). The molecule has 0 N–H and O–H groups in total. The normalized spacial score (nSPS) is 16.8. The molecule has 0 saturated carbocycles. The Labute approximate surface area is 80.3 Å². The summed E-state index contributed by atoms with van der Waals surface area (Å²) < 4.78 is 0. The van der Waals surface area contributed by atoms with Gasteiger partial charge in [0.05, 0.1) is 0 Å². The van der Waals surface area contributed by atoms with E-state index >= 15 is 0 Å². The molecule has 0 spiro atoms. The first kappa shape index (κ1) is 12.1. The van der Waals surface area contributed by atoms with Crippen LogP contribution in [0.4, 0.5) is 0 Å². The maximum atomic E-state index is 2.40. The highest BCUT2D eigenvalue weighted by molar-refractivity contribution is 6.21. The quantitative estimate of drug-likeness (QED) is 0.547. The molecule has 2 heteroatoms. The molecule has 0 aromatic heterocycles. The van der Waals surface area contributed by atoms with Crippen molar-refractivity contribution in [1.29, 1.82) is 0 Å². The van der Waals surface area contributed by atoms with Crippen molar-refractivity contribution in [2.45, 2.75) is 52.2 Å². The van der Waals surface area contributed by atoms with E-state index in [4.69, 9.17) is 0 Å². The van der Waals surface area contributed by atoms with Crippen LogP contribution in [0.15, 0.2) is 0 Å². The average Bonchev–Trinajstić information content (AvgIpc) is 1.84. The maximum Gasteiger partial charge on any atom is 0.104 e. The van der Waals surface area contributed by atoms with E-state index in [0.717, 1.165) is 23.5 Å². The van der Waals surface area contributed by atoms with E-state index in [1.165, 1.54) is 12.8 Å². The summed E-state index contributed by atoms with van der Waals surface area (Å²) in [5.41, 5.74) is 0. The highest BCUT2D eigenvalue weighted by Gasteiger charge is 2.14. The third-order valence-corrected chi connectivity index (χ3v) is 2.66. The summed E-state index contributed by atoms with van der Waals surface area (Å²) in [6.07, 6.45) is 2.77. The summed E-state index contributed by atoms with van der Waals surface area (Å²) in [5.74, 6) is 3.50. The zero-order valence-electron chi connectivity index (χ0n) is 9.72.